The highest BCUT2D eigenvalue weighted by atomic mass is 35.5. The highest BCUT2D eigenvalue weighted by molar-refractivity contribution is 5.85. The van der Waals surface area contributed by atoms with Crippen molar-refractivity contribution in [3.63, 3.8) is 0 Å². The van der Waals surface area contributed by atoms with Gasteiger partial charge in [-0.2, -0.15) is 0 Å². The molecular weight excluding hydrogens is 380 g/mol. The van der Waals surface area contributed by atoms with E-state index in [0.717, 1.165) is 49.9 Å². The molecule has 4 rings (SSSR count). The summed E-state index contributed by atoms with van der Waals surface area (Å²) < 4.78 is 27.0. The van der Waals surface area contributed by atoms with E-state index in [9.17, 15) is 13.6 Å². The highest BCUT2D eigenvalue weighted by Gasteiger charge is 2.40. The van der Waals surface area contributed by atoms with Crippen LogP contribution in [0.2, 0.25) is 0 Å². The molecule has 2 nitrogen and oxygen atoms in total. The molecule has 2 aromatic rings. The van der Waals surface area contributed by atoms with Gasteiger partial charge in [0, 0.05) is 37.4 Å². The standard InChI is InChI=1S/C23H25F2NO.ClH/c24-19-5-1-17(2-6-19)23(18-3-7-20(25)8-4-18)13-9-21(10-14-23)26-15-11-22(27)12-16-26;/h1-8,21H,9-16H2;1H. The maximum atomic E-state index is 13.5. The van der Waals surface area contributed by atoms with E-state index in [-0.39, 0.29) is 29.5 Å². The fourth-order valence-electron chi connectivity index (χ4n) is 4.88. The van der Waals surface area contributed by atoms with Gasteiger partial charge in [-0.25, -0.2) is 8.78 Å². The number of carbonyl (C=O) groups is 1. The number of piperidine rings is 1. The number of nitrogens with zero attached hydrogens (tertiary/aromatic N) is 1. The first-order chi connectivity index (χ1) is 13.1. The Kier molecular flexibility index (Phi) is 6.51. The Morgan fingerprint density at radius 2 is 1.21 bits per heavy atom. The summed E-state index contributed by atoms with van der Waals surface area (Å²) in [6.45, 7) is 1.73. The molecule has 0 atom stereocenters. The van der Waals surface area contributed by atoms with Crippen LogP contribution in [-0.2, 0) is 10.2 Å². The lowest BCUT2D eigenvalue weighted by Crippen LogP contribution is -2.46. The summed E-state index contributed by atoms with van der Waals surface area (Å²) >= 11 is 0. The highest BCUT2D eigenvalue weighted by Crippen LogP contribution is 2.46. The average Bonchev–Trinajstić information content (AvgIpc) is 2.70. The van der Waals surface area contributed by atoms with Crippen LogP contribution in [0.3, 0.4) is 0 Å². The van der Waals surface area contributed by atoms with Crippen molar-refractivity contribution in [2.75, 3.05) is 13.1 Å². The van der Waals surface area contributed by atoms with E-state index in [1.807, 2.05) is 24.3 Å². The van der Waals surface area contributed by atoms with Gasteiger partial charge in [0.2, 0.25) is 0 Å². The molecule has 2 aliphatic rings. The lowest BCUT2D eigenvalue weighted by molar-refractivity contribution is -0.122. The molecule has 0 bridgehead atoms. The van der Waals surface area contributed by atoms with E-state index in [0.29, 0.717) is 24.7 Å². The zero-order valence-electron chi connectivity index (χ0n) is 15.9. The number of halogens is 3. The maximum Gasteiger partial charge on any atom is 0.135 e. The fraction of sp³-hybridized carbons (Fsp3) is 0.435. The second-order valence-corrected chi connectivity index (χ2v) is 7.90. The summed E-state index contributed by atoms with van der Waals surface area (Å²) in [5.41, 5.74) is 1.99. The van der Waals surface area contributed by atoms with Crippen LogP contribution >= 0.6 is 12.4 Å². The van der Waals surface area contributed by atoms with Crippen molar-refractivity contribution < 1.29 is 13.6 Å². The van der Waals surface area contributed by atoms with Crippen LogP contribution in [0.1, 0.15) is 49.7 Å². The molecule has 0 N–H and O–H groups in total. The largest absolute Gasteiger partial charge is 0.300 e. The molecule has 0 unspecified atom stereocenters. The molecule has 0 amide bonds. The molecule has 5 heteroatoms. The third kappa shape index (κ3) is 4.13. The first-order valence-corrected chi connectivity index (χ1v) is 9.85. The lowest BCUT2D eigenvalue weighted by Gasteiger charge is -2.45. The molecule has 1 aliphatic carbocycles. The maximum absolute atomic E-state index is 13.5. The summed E-state index contributed by atoms with van der Waals surface area (Å²) in [5, 5.41) is 0. The zero-order valence-corrected chi connectivity index (χ0v) is 16.7. The minimum absolute atomic E-state index is 0. The minimum atomic E-state index is -0.236. The number of hydrogen-bond acceptors (Lipinski definition) is 2. The molecule has 28 heavy (non-hydrogen) atoms. The fourth-order valence-corrected chi connectivity index (χ4v) is 4.88. The van der Waals surface area contributed by atoms with Crippen LogP contribution in [0, 0.1) is 11.6 Å². The summed E-state index contributed by atoms with van der Waals surface area (Å²) in [6, 6.07) is 14.1. The summed E-state index contributed by atoms with van der Waals surface area (Å²) in [7, 11) is 0. The predicted octanol–water partition coefficient (Wildman–Crippen LogP) is 5.28. The second-order valence-electron chi connectivity index (χ2n) is 7.90. The molecule has 1 saturated carbocycles. The number of rotatable bonds is 3. The Labute approximate surface area is 171 Å². The molecule has 2 aromatic carbocycles. The number of likely N-dealkylation sites (tertiary alicyclic amines) is 1. The first-order valence-electron chi connectivity index (χ1n) is 9.85. The lowest BCUT2D eigenvalue weighted by atomic mass is 9.64. The third-order valence-electron chi connectivity index (χ3n) is 6.47. The van der Waals surface area contributed by atoms with Crippen molar-refractivity contribution in [3.8, 4) is 0 Å². The van der Waals surface area contributed by atoms with Crippen molar-refractivity contribution in [3.05, 3.63) is 71.3 Å². The Morgan fingerprint density at radius 3 is 1.64 bits per heavy atom. The van der Waals surface area contributed by atoms with E-state index in [2.05, 4.69) is 4.90 Å². The van der Waals surface area contributed by atoms with Gasteiger partial charge in [-0.1, -0.05) is 24.3 Å². The van der Waals surface area contributed by atoms with Crippen molar-refractivity contribution in [2.24, 2.45) is 0 Å². The second kappa shape index (κ2) is 8.71. The van der Waals surface area contributed by atoms with Crippen molar-refractivity contribution >= 4 is 18.2 Å². The van der Waals surface area contributed by atoms with Gasteiger partial charge >= 0.3 is 0 Å². The van der Waals surface area contributed by atoms with Crippen LogP contribution in [-0.4, -0.2) is 29.8 Å². The molecule has 0 spiro atoms. The van der Waals surface area contributed by atoms with E-state index in [1.54, 1.807) is 0 Å². The number of Topliss-reactive ketones (excluding diaryl/α,β-unsaturated/α-hetero) is 1. The summed E-state index contributed by atoms with van der Waals surface area (Å²) in [6.07, 6.45) is 5.28. The van der Waals surface area contributed by atoms with Crippen LogP contribution in [0.25, 0.3) is 0 Å². The van der Waals surface area contributed by atoms with Gasteiger partial charge in [-0.15, -0.1) is 12.4 Å². The Balaban J connectivity index is 0.00000225. The third-order valence-corrected chi connectivity index (χ3v) is 6.47. The van der Waals surface area contributed by atoms with Gasteiger partial charge in [0.15, 0.2) is 0 Å². The van der Waals surface area contributed by atoms with Crippen molar-refractivity contribution in [2.45, 2.75) is 50.0 Å². The monoisotopic (exact) mass is 405 g/mol. The molecule has 1 heterocycles. The van der Waals surface area contributed by atoms with Gasteiger partial charge in [0.25, 0.3) is 0 Å². The van der Waals surface area contributed by atoms with Crippen molar-refractivity contribution in [1.29, 1.82) is 0 Å². The van der Waals surface area contributed by atoms with Crippen LogP contribution in [0.15, 0.2) is 48.5 Å². The predicted molar refractivity (Wildman–Crippen MR) is 109 cm³/mol. The number of benzene rings is 2. The van der Waals surface area contributed by atoms with Crippen LogP contribution < -0.4 is 0 Å². The van der Waals surface area contributed by atoms with Crippen molar-refractivity contribution in [1.82, 2.24) is 4.90 Å². The molecule has 0 aromatic heterocycles. The van der Waals surface area contributed by atoms with E-state index >= 15 is 0 Å². The van der Waals surface area contributed by atoms with Gasteiger partial charge in [-0.3, -0.25) is 9.69 Å². The number of hydrogen-bond donors (Lipinski definition) is 0. The quantitative estimate of drug-likeness (QED) is 0.692. The van der Waals surface area contributed by atoms with Gasteiger partial charge < -0.3 is 0 Å². The number of carbonyl (C=O) groups excluding carboxylic acids is 1. The Morgan fingerprint density at radius 1 is 0.786 bits per heavy atom. The minimum Gasteiger partial charge on any atom is -0.300 e. The molecular formula is C23H26ClF2NO. The first kappa shape index (κ1) is 20.9. The number of ketones is 1. The average molecular weight is 406 g/mol. The molecule has 1 aliphatic heterocycles. The van der Waals surface area contributed by atoms with E-state index in [1.165, 1.54) is 24.3 Å². The molecule has 150 valence electrons. The molecule has 2 fully saturated rings. The Hall–Kier alpha value is -1.78. The summed E-state index contributed by atoms with van der Waals surface area (Å²) in [4.78, 5) is 14.0. The van der Waals surface area contributed by atoms with Gasteiger partial charge in [0.05, 0.1) is 0 Å². The van der Waals surface area contributed by atoms with Gasteiger partial charge in [0.1, 0.15) is 17.4 Å². The molecule has 0 radical (unpaired) electrons. The van der Waals surface area contributed by atoms with Crippen LogP contribution in [0.5, 0.6) is 0 Å². The van der Waals surface area contributed by atoms with E-state index in [4.69, 9.17) is 0 Å². The smallest absolute Gasteiger partial charge is 0.135 e. The molecule has 1 saturated heterocycles. The Bertz CT molecular complexity index is 741. The van der Waals surface area contributed by atoms with E-state index < -0.39 is 0 Å². The topological polar surface area (TPSA) is 20.3 Å². The SMILES string of the molecule is Cl.O=C1CCN(C2CCC(c3ccc(F)cc3)(c3ccc(F)cc3)CC2)CC1. The van der Waals surface area contributed by atoms with Gasteiger partial charge in [-0.05, 0) is 61.1 Å². The summed E-state index contributed by atoms with van der Waals surface area (Å²) in [5.74, 6) is -0.103. The van der Waals surface area contributed by atoms with Crippen LogP contribution in [0.4, 0.5) is 8.78 Å². The zero-order chi connectivity index (χ0) is 18.9. The normalized spacial score (nSPS) is 20.6.